The number of carbonyl (C=O) groups is 2. The normalized spacial score (nSPS) is 14.9. The fraction of sp³-hybridized carbons (Fsp3) is 0.391. The zero-order chi connectivity index (χ0) is 22.6. The molecule has 0 radical (unpaired) electrons. The highest BCUT2D eigenvalue weighted by Crippen LogP contribution is 2.36. The molecule has 0 N–H and O–H groups in total. The SMILES string of the molecule is COC(=O)C(Oc1ccc(Cl)cc1OC1CN(C(=O)OC(C)(C)C)C1)c1ccccc1. The average Bonchev–Trinajstić information content (AvgIpc) is 2.68. The highest BCUT2D eigenvalue weighted by molar-refractivity contribution is 6.30. The molecule has 1 aliphatic heterocycles. The fourth-order valence-electron chi connectivity index (χ4n) is 2.95. The summed E-state index contributed by atoms with van der Waals surface area (Å²) < 4.78 is 22.3. The van der Waals surface area contributed by atoms with Crippen molar-refractivity contribution in [2.45, 2.75) is 38.6 Å². The van der Waals surface area contributed by atoms with E-state index in [4.69, 9.17) is 30.5 Å². The maximum absolute atomic E-state index is 12.3. The summed E-state index contributed by atoms with van der Waals surface area (Å²) in [5, 5.41) is 0.458. The molecule has 3 rings (SSSR count). The highest BCUT2D eigenvalue weighted by atomic mass is 35.5. The Balaban J connectivity index is 1.71. The maximum atomic E-state index is 12.3. The predicted octanol–water partition coefficient (Wildman–Crippen LogP) is 4.63. The number of ether oxygens (including phenoxy) is 4. The lowest BCUT2D eigenvalue weighted by Crippen LogP contribution is -2.57. The minimum Gasteiger partial charge on any atom is -0.483 e. The van der Waals surface area contributed by atoms with Gasteiger partial charge in [0, 0.05) is 16.7 Å². The monoisotopic (exact) mass is 447 g/mol. The van der Waals surface area contributed by atoms with Crippen molar-refractivity contribution in [3.8, 4) is 11.5 Å². The summed E-state index contributed by atoms with van der Waals surface area (Å²) >= 11 is 6.14. The number of nitrogens with zero attached hydrogens (tertiary/aromatic N) is 1. The molecule has 0 aliphatic carbocycles. The van der Waals surface area contributed by atoms with Gasteiger partial charge in [0.2, 0.25) is 6.10 Å². The van der Waals surface area contributed by atoms with E-state index in [1.807, 2.05) is 39.0 Å². The first-order chi connectivity index (χ1) is 14.7. The number of methoxy groups -OCH3 is 1. The summed E-state index contributed by atoms with van der Waals surface area (Å²) in [7, 11) is 1.31. The Kier molecular flexibility index (Phi) is 6.95. The second-order valence-corrected chi connectivity index (χ2v) is 8.58. The summed E-state index contributed by atoms with van der Waals surface area (Å²) in [4.78, 5) is 26.0. The molecule has 31 heavy (non-hydrogen) atoms. The van der Waals surface area contributed by atoms with Crippen LogP contribution in [0.1, 0.15) is 32.4 Å². The molecule has 0 spiro atoms. The van der Waals surface area contributed by atoms with Gasteiger partial charge in [0.15, 0.2) is 11.5 Å². The molecule has 1 fully saturated rings. The van der Waals surface area contributed by atoms with Crippen molar-refractivity contribution >= 4 is 23.7 Å². The number of halogens is 1. The smallest absolute Gasteiger partial charge is 0.410 e. The van der Waals surface area contributed by atoms with Crippen LogP contribution in [-0.2, 0) is 14.3 Å². The first kappa shape index (κ1) is 22.7. The largest absolute Gasteiger partial charge is 0.483 e. The van der Waals surface area contributed by atoms with Gasteiger partial charge >= 0.3 is 12.1 Å². The van der Waals surface area contributed by atoms with Crippen LogP contribution in [0.5, 0.6) is 11.5 Å². The van der Waals surface area contributed by atoms with Crippen LogP contribution in [0.3, 0.4) is 0 Å². The molecule has 2 aromatic rings. The van der Waals surface area contributed by atoms with Crippen molar-refractivity contribution in [3.05, 3.63) is 59.1 Å². The van der Waals surface area contributed by atoms with E-state index in [1.165, 1.54) is 7.11 Å². The second-order valence-electron chi connectivity index (χ2n) is 8.15. The summed E-state index contributed by atoms with van der Waals surface area (Å²) in [6, 6.07) is 13.9. The van der Waals surface area contributed by atoms with E-state index in [-0.39, 0.29) is 12.2 Å². The van der Waals surface area contributed by atoms with E-state index in [1.54, 1.807) is 35.2 Å². The number of likely N-dealkylation sites (tertiary alicyclic amines) is 1. The first-order valence-corrected chi connectivity index (χ1v) is 10.3. The minimum atomic E-state index is -0.964. The van der Waals surface area contributed by atoms with E-state index >= 15 is 0 Å². The number of hydrogen-bond donors (Lipinski definition) is 0. The number of benzene rings is 2. The van der Waals surface area contributed by atoms with E-state index < -0.39 is 17.7 Å². The standard InChI is InChI=1S/C23H26ClNO6/c1-23(2,3)31-22(27)25-13-17(14-25)29-19-12-16(24)10-11-18(19)30-20(21(26)28-4)15-8-6-5-7-9-15/h5-12,17,20H,13-14H2,1-4H3. The Hall–Kier alpha value is -2.93. The van der Waals surface area contributed by atoms with Crippen LogP contribution in [0.4, 0.5) is 4.79 Å². The summed E-state index contributed by atoms with van der Waals surface area (Å²) in [6.07, 6.45) is -1.60. The first-order valence-electron chi connectivity index (χ1n) is 9.90. The molecule has 166 valence electrons. The van der Waals surface area contributed by atoms with Gasteiger partial charge in [-0.1, -0.05) is 41.9 Å². The van der Waals surface area contributed by atoms with E-state index in [0.717, 1.165) is 0 Å². The number of esters is 1. The summed E-state index contributed by atoms with van der Waals surface area (Å²) in [6.45, 7) is 6.20. The van der Waals surface area contributed by atoms with Gasteiger partial charge in [0.1, 0.15) is 11.7 Å². The quantitative estimate of drug-likeness (QED) is 0.601. The summed E-state index contributed by atoms with van der Waals surface area (Å²) in [5.41, 5.74) is 0.0899. The van der Waals surface area contributed by atoms with Crippen molar-refractivity contribution in [3.63, 3.8) is 0 Å². The lowest BCUT2D eigenvalue weighted by molar-refractivity contribution is -0.149. The third-order valence-electron chi connectivity index (χ3n) is 4.46. The molecule has 1 heterocycles. The van der Waals surface area contributed by atoms with Crippen LogP contribution < -0.4 is 9.47 Å². The molecule has 1 amide bonds. The molecule has 2 aromatic carbocycles. The molecule has 1 aliphatic rings. The molecular formula is C23H26ClNO6. The third-order valence-corrected chi connectivity index (χ3v) is 4.70. The lowest BCUT2D eigenvalue weighted by atomic mass is 10.1. The van der Waals surface area contributed by atoms with Crippen molar-refractivity contribution in [1.82, 2.24) is 4.90 Å². The lowest BCUT2D eigenvalue weighted by Gasteiger charge is -2.39. The summed E-state index contributed by atoms with van der Waals surface area (Å²) in [5.74, 6) is 0.192. The van der Waals surface area contributed by atoms with Gasteiger partial charge in [-0.25, -0.2) is 9.59 Å². The average molecular weight is 448 g/mol. The topological polar surface area (TPSA) is 74.3 Å². The number of amides is 1. The van der Waals surface area contributed by atoms with Crippen molar-refractivity contribution in [2.75, 3.05) is 20.2 Å². The molecule has 0 saturated carbocycles. The van der Waals surface area contributed by atoms with Crippen LogP contribution in [0.15, 0.2) is 48.5 Å². The van der Waals surface area contributed by atoms with Crippen LogP contribution in [-0.4, -0.2) is 48.9 Å². The molecule has 7 nitrogen and oxygen atoms in total. The van der Waals surface area contributed by atoms with E-state index in [9.17, 15) is 9.59 Å². The molecule has 0 aromatic heterocycles. The Morgan fingerprint density at radius 1 is 1.06 bits per heavy atom. The fourth-order valence-corrected chi connectivity index (χ4v) is 3.12. The Morgan fingerprint density at radius 3 is 2.35 bits per heavy atom. The van der Waals surface area contributed by atoms with Crippen LogP contribution in [0.25, 0.3) is 0 Å². The van der Waals surface area contributed by atoms with Crippen molar-refractivity contribution in [2.24, 2.45) is 0 Å². The van der Waals surface area contributed by atoms with Gasteiger partial charge in [-0.3, -0.25) is 0 Å². The van der Waals surface area contributed by atoms with Gasteiger partial charge in [-0.05, 0) is 32.9 Å². The molecule has 1 atom stereocenters. The van der Waals surface area contributed by atoms with E-state index in [0.29, 0.717) is 35.2 Å². The van der Waals surface area contributed by atoms with Gasteiger partial charge in [-0.2, -0.15) is 0 Å². The maximum Gasteiger partial charge on any atom is 0.410 e. The Morgan fingerprint density at radius 2 is 1.74 bits per heavy atom. The van der Waals surface area contributed by atoms with Crippen molar-refractivity contribution in [1.29, 1.82) is 0 Å². The zero-order valence-electron chi connectivity index (χ0n) is 18.0. The molecule has 1 saturated heterocycles. The van der Waals surface area contributed by atoms with Gasteiger partial charge in [0.05, 0.1) is 20.2 Å². The highest BCUT2D eigenvalue weighted by Gasteiger charge is 2.36. The third kappa shape index (κ3) is 6.04. The number of carbonyl (C=O) groups excluding carboxylic acids is 2. The second kappa shape index (κ2) is 9.47. The van der Waals surface area contributed by atoms with Gasteiger partial charge in [0.25, 0.3) is 0 Å². The zero-order valence-corrected chi connectivity index (χ0v) is 18.7. The van der Waals surface area contributed by atoms with Crippen LogP contribution in [0.2, 0.25) is 5.02 Å². The predicted molar refractivity (Wildman–Crippen MR) is 116 cm³/mol. The van der Waals surface area contributed by atoms with E-state index in [2.05, 4.69) is 0 Å². The molecule has 0 bridgehead atoms. The number of hydrogen-bond acceptors (Lipinski definition) is 6. The minimum absolute atomic E-state index is 0.248. The Bertz CT molecular complexity index is 921. The molecule has 1 unspecified atom stereocenters. The Labute approximate surface area is 186 Å². The van der Waals surface area contributed by atoms with Crippen molar-refractivity contribution < 1.29 is 28.5 Å². The van der Waals surface area contributed by atoms with Gasteiger partial charge < -0.3 is 23.8 Å². The number of rotatable bonds is 6. The molecular weight excluding hydrogens is 422 g/mol. The van der Waals surface area contributed by atoms with Crippen LogP contribution in [0, 0.1) is 0 Å². The molecule has 8 heteroatoms. The van der Waals surface area contributed by atoms with Gasteiger partial charge in [-0.15, -0.1) is 0 Å². The van der Waals surface area contributed by atoms with Crippen LogP contribution >= 0.6 is 11.6 Å².